The van der Waals surface area contributed by atoms with Gasteiger partial charge in [-0.25, -0.2) is 4.98 Å². The summed E-state index contributed by atoms with van der Waals surface area (Å²) >= 11 is 0. The molecule has 1 unspecified atom stereocenters. The van der Waals surface area contributed by atoms with Gasteiger partial charge in [-0.2, -0.15) is 0 Å². The van der Waals surface area contributed by atoms with E-state index in [-0.39, 0.29) is 18.6 Å². The van der Waals surface area contributed by atoms with Gasteiger partial charge in [0, 0.05) is 30.8 Å². The standard InChI is InChI=1S/C18H19N3O4/c19-18(23)13-4-6-14(7-5-13)24-12-17(22)21-10-8-15(11-21)25-16-3-1-2-9-20-16/h1-7,9,15H,8,10-12H2,(H2,19,23). The maximum atomic E-state index is 12.2. The first-order valence-corrected chi connectivity index (χ1v) is 8.00. The van der Waals surface area contributed by atoms with E-state index in [9.17, 15) is 9.59 Å². The summed E-state index contributed by atoms with van der Waals surface area (Å²) in [7, 11) is 0. The molecule has 2 amide bonds. The number of primary amides is 1. The third-order valence-electron chi connectivity index (χ3n) is 3.92. The van der Waals surface area contributed by atoms with Crippen molar-refractivity contribution >= 4 is 11.8 Å². The van der Waals surface area contributed by atoms with Gasteiger partial charge in [-0.3, -0.25) is 9.59 Å². The zero-order valence-corrected chi connectivity index (χ0v) is 13.6. The van der Waals surface area contributed by atoms with Gasteiger partial charge in [0.2, 0.25) is 11.8 Å². The van der Waals surface area contributed by atoms with E-state index in [1.807, 2.05) is 12.1 Å². The first-order chi connectivity index (χ1) is 12.1. The molecule has 0 saturated carbocycles. The minimum Gasteiger partial charge on any atom is -0.484 e. The number of benzene rings is 1. The minimum absolute atomic E-state index is 0.0614. The van der Waals surface area contributed by atoms with Gasteiger partial charge in [0.05, 0.1) is 6.54 Å². The largest absolute Gasteiger partial charge is 0.484 e. The zero-order chi connectivity index (χ0) is 17.6. The van der Waals surface area contributed by atoms with Gasteiger partial charge in [-0.1, -0.05) is 6.07 Å². The lowest BCUT2D eigenvalue weighted by Gasteiger charge is -2.17. The van der Waals surface area contributed by atoms with E-state index in [4.69, 9.17) is 15.2 Å². The first kappa shape index (κ1) is 16.8. The summed E-state index contributed by atoms with van der Waals surface area (Å²) in [5, 5.41) is 0. The molecular formula is C18H19N3O4. The number of pyridine rings is 1. The van der Waals surface area contributed by atoms with Crippen LogP contribution in [0.2, 0.25) is 0 Å². The van der Waals surface area contributed by atoms with Gasteiger partial charge in [0.15, 0.2) is 6.61 Å². The third kappa shape index (κ3) is 4.47. The SMILES string of the molecule is NC(=O)c1ccc(OCC(=O)N2CCC(Oc3ccccn3)C2)cc1. The predicted octanol–water partition coefficient (Wildman–Crippen LogP) is 1.24. The highest BCUT2D eigenvalue weighted by Gasteiger charge is 2.28. The molecule has 1 aromatic heterocycles. The molecule has 7 heteroatoms. The minimum atomic E-state index is -0.501. The molecule has 0 spiro atoms. The van der Waals surface area contributed by atoms with Crippen molar-refractivity contribution in [3.63, 3.8) is 0 Å². The van der Waals surface area contributed by atoms with Crippen LogP contribution >= 0.6 is 0 Å². The summed E-state index contributed by atoms with van der Waals surface area (Å²) in [6.07, 6.45) is 2.37. The van der Waals surface area contributed by atoms with Crippen molar-refractivity contribution in [1.82, 2.24) is 9.88 Å². The topological polar surface area (TPSA) is 94.8 Å². The fourth-order valence-electron chi connectivity index (χ4n) is 2.59. The van der Waals surface area contributed by atoms with E-state index in [1.165, 1.54) is 0 Å². The molecule has 2 aromatic rings. The number of nitrogens with zero attached hydrogens (tertiary/aromatic N) is 2. The van der Waals surface area contributed by atoms with Gasteiger partial charge in [-0.15, -0.1) is 0 Å². The molecule has 0 aliphatic carbocycles. The summed E-state index contributed by atoms with van der Waals surface area (Å²) in [5.74, 6) is 0.469. The fraction of sp³-hybridized carbons (Fsp3) is 0.278. The lowest BCUT2D eigenvalue weighted by atomic mass is 10.2. The Balaban J connectivity index is 1.46. The van der Waals surface area contributed by atoms with Crippen molar-refractivity contribution in [2.24, 2.45) is 5.73 Å². The Morgan fingerprint density at radius 2 is 2.00 bits per heavy atom. The second-order valence-corrected chi connectivity index (χ2v) is 5.71. The second kappa shape index (κ2) is 7.65. The molecule has 1 aromatic carbocycles. The predicted molar refractivity (Wildman–Crippen MR) is 90.3 cm³/mol. The van der Waals surface area contributed by atoms with E-state index in [0.29, 0.717) is 30.3 Å². The van der Waals surface area contributed by atoms with Gasteiger partial charge in [-0.05, 0) is 30.3 Å². The summed E-state index contributed by atoms with van der Waals surface area (Å²) in [4.78, 5) is 29.1. The van der Waals surface area contributed by atoms with Crippen LogP contribution in [-0.2, 0) is 4.79 Å². The van der Waals surface area contributed by atoms with Crippen LogP contribution in [0.25, 0.3) is 0 Å². The number of aromatic nitrogens is 1. The van der Waals surface area contributed by atoms with Crippen LogP contribution in [0.1, 0.15) is 16.8 Å². The van der Waals surface area contributed by atoms with Crippen molar-refractivity contribution in [3.8, 4) is 11.6 Å². The quantitative estimate of drug-likeness (QED) is 0.853. The number of amides is 2. The van der Waals surface area contributed by atoms with E-state index in [0.717, 1.165) is 6.42 Å². The number of hydrogen-bond donors (Lipinski definition) is 1. The molecule has 1 atom stereocenters. The summed E-state index contributed by atoms with van der Waals surface area (Å²) in [5.41, 5.74) is 5.58. The molecule has 1 aliphatic heterocycles. The molecule has 130 valence electrons. The number of ether oxygens (including phenoxy) is 2. The molecule has 1 saturated heterocycles. The van der Waals surface area contributed by atoms with Crippen LogP contribution < -0.4 is 15.2 Å². The van der Waals surface area contributed by atoms with Gasteiger partial charge >= 0.3 is 0 Å². The summed E-state index contributed by atoms with van der Waals surface area (Å²) < 4.78 is 11.2. The number of likely N-dealkylation sites (tertiary alicyclic amines) is 1. The number of carbonyl (C=O) groups excluding carboxylic acids is 2. The van der Waals surface area contributed by atoms with Gasteiger partial charge < -0.3 is 20.1 Å². The first-order valence-electron chi connectivity index (χ1n) is 8.00. The smallest absolute Gasteiger partial charge is 0.260 e. The highest BCUT2D eigenvalue weighted by Crippen LogP contribution is 2.17. The Morgan fingerprint density at radius 1 is 1.20 bits per heavy atom. The molecule has 2 heterocycles. The maximum absolute atomic E-state index is 12.2. The van der Waals surface area contributed by atoms with Crippen LogP contribution in [0, 0.1) is 0 Å². The Hall–Kier alpha value is -3.09. The number of rotatable bonds is 6. The molecule has 0 bridgehead atoms. The molecule has 3 rings (SSSR count). The van der Waals surface area contributed by atoms with E-state index in [2.05, 4.69) is 4.98 Å². The molecule has 1 fully saturated rings. The molecule has 7 nitrogen and oxygen atoms in total. The average molecular weight is 341 g/mol. The molecule has 1 aliphatic rings. The second-order valence-electron chi connectivity index (χ2n) is 5.71. The van der Waals surface area contributed by atoms with E-state index in [1.54, 1.807) is 41.4 Å². The van der Waals surface area contributed by atoms with Gasteiger partial charge in [0.25, 0.3) is 5.91 Å². The molecule has 0 radical (unpaired) electrons. The normalized spacial score (nSPS) is 16.5. The Labute approximate surface area is 145 Å². The Bertz CT molecular complexity index is 734. The maximum Gasteiger partial charge on any atom is 0.260 e. The van der Waals surface area contributed by atoms with E-state index >= 15 is 0 Å². The van der Waals surface area contributed by atoms with Crippen LogP contribution in [0.3, 0.4) is 0 Å². The average Bonchev–Trinajstić information content (AvgIpc) is 3.09. The van der Waals surface area contributed by atoms with Gasteiger partial charge in [0.1, 0.15) is 11.9 Å². The molecule has 25 heavy (non-hydrogen) atoms. The monoisotopic (exact) mass is 341 g/mol. The van der Waals surface area contributed by atoms with Crippen LogP contribution in [0.5, 0.6) is 11.6 Å². The molecular weight excluding hydrogens is 322 g/mol. The van der Waals surface area contributed by atoms with Crippen LogP contribution in [0.4, 0.5) is 0 Å². The lowest BCUT2D eigenvalue weighted by Crippen LogP contribution is -2.34. The number of nitrogens with two attached hydrogens (primary N) is 1. The number of carbonyl (C=O) groups is 2. The highest BCUT2D eigenvalue weighted by atomic mass is 16.5. The van der Waals surface area contributed by atoms with Crippen molar-refractivity contribution in [2.45, 2.75) is 12.5 Å². The number of hydrogen-bond acceptors (Lipinski definition) is 5. The van der Waals surface area contributed by atoms with Crippen LogP contribution in [-0.4, -0.2) is 47.5 Å². The highest BCUT2D eigenvalue weighted by molar-refractivity contribution is 5.92. The third-order valence-corrected chi connectivity index (χ3v) is 3.92. The van der Waals surface area contributed by atoms with Crippen molar-refractivity contribution < 1.29 is 19.1 Å². The zero-order valence-electron chi connectivity index (χ0n) is 13.6. The molecule has 2 N–H and O–H groups in total. The van der Waals surface area contributed by atoms with Crippen molar-refractivity contribution in [3.05, 3.63) is 54.2 Å². The lowest BCUT2D eigenvalue weighted by molar-refractivity contribution is -0.132. The van der Waals surface area contributed by atoms with Crippen LogP contribution in [0.15, 0.2) is 48.7 Å². The van der Waals surface area contributed by atoms with Crippen molar-refractivity contribution in [2.75, 3.05) is 19.7 Å². The summed E-state index contributed by atoms with van der Waals surface area (Å²) in [6.45, 7) is 1.08. The fourth-order valence-corrected chi connectivity index (χ4v) is 2.59. The Morgan fingerprint density at radius 3 is 2.68 bits per heavy atom. The van der Waals surface area contributed by atoms with E-state index < -0.39 is 5.91 Å². The summed E-state index contributed by atoms with van der Waals surface area (Å²) in [6, 6.07) is 11.8. The Kier molecular flexibility index (Phi) is 5.13. The van der Waals surface area contributed by atoms with Crippen molar-refractivity contribution in [1.29, 1.82) is 0 Å².